The molecule has 0 bridgehead atoms. The Morgan fingerprint density at radius 2 is 2.05 bits per heavy atom. The van der Waals surface area contributed by atoms with Crippen molar-refractivity contribution in [3.63, 3.8) is 0 Å². The van der Waals surface area contributed by atoms with Crippen molar-refractivity contribution in [2.45, 2.75) is 19.4 Å². The second-order valence-electron chi connectivity index (χ2n) is 5.19. The summed E-state index contributed by atoms with van der Waals surface area (Å²) in [5.41, 5.74) is 5.01. The molecule has 1 atom stereocenters. The predicted octanol–water partition coefficient (Wildman–Crippen LogP) is 3.89. The Bertz CT molecular complexity index is 639. The second kappa shape index (κ2) is 5.47. The van der Waals surface area contributed by atoms with Crippen LogP contribution in [0.4, 0.5) is 0 Å². The lowest BCUT2D eigenvalue weighted by atomic mass is 9.93. The first-order chi connectivity index (χ1) is 9.69. The van der Waals surface area contributed by atoms with E-state index in [0.717, 1.165) is 23.8 Å². The van der Waals surface area contributed by atoms with Crippen molar-refractivity contribution in [1.29, 1.82) is 0 Å². The van der Waals surface area contributed by atoms with Gasteiger partial charge >= 0.3 is 0 Å². The van der Waals surface area contributed by atoms with Gasteiger partial charge in [0.05, 0.1) is 12.6 Å². The van der Waals surface area contributed by atoms with E-state index in [0.29, 0.717) is 0 Å². The van der Waals surface area contributed by atoms with Gasteiger partial charge in [-0.1, -0.05) is 29.8 Å². The number of rotatable bonds is 3. The third kappa shape index (κ3) is 2.41. The van der Waals surface area contributed by atoms with Gasteiger partial charge in [0.15, 0.2) is 0 Å². The van der Waals surface area contributed by atoms with Crippen LogP contribution in [0.15, 0.2) is 36.4 Å². The minimum atomic E-state index is 0.152. The number of fused-ring (bicyclic) bond motifs is 1. The Hall–Kier alpha value is -1.51. The van der Waals surface area contributed by atoms with Crippen LogP contribution in [0.1, 0.15) is 28.3 Å². The first-order valence-corrected chi connectivity index (χ1v) is 7.26. The summed E-state index contributed by atoms with van der Waals surface area (Å²) in [7, 11) is 1.98. The summed E-state index contributed by atoms with van der Waals surface area (Å²) in [5.74, 6) is 1.02. The summed E-state index contributed by atoms with van der Waals surface area (Å²) < 4.78 is 5.57. The number of benzene rings is 2. The van der Waals surface area contributed by atoms with Crippen LogP contribution >= 0.6 is 11.6 Å². The van der Waals surface area contributed by atoms with Gasteiger partial charge in [-0.15, -0.1) is 0 Å². The zero-order chi connectivity index (χ0) is 14.1. The van der Waals surface area contributed by atoms with Crippen LogP contribution in [0, 0.1) is 6.92 Å². The maximum atomic E-state index is 6.15. The molecule has 1 aliphatic rings. The van der Waals surface area contributed by atoms with E-state index in [2.05, 4.69) is 36.5 Å². The van der Waals surface area contributed by atoms with E-state index in [9.17, 15) is 0 Å². The van der Waals surface area contributed by atoms with Crippen LogP contribution in [0.2, 0.25) is 5.02 Å². The summed E-state index contributed by atoms with van der Waals surface area (Å²) in [6.45, 7) is 2.91. The fourth-order valence-electron chi connectivity index (χ4n) is 2.81. The SMILES string of the molecule is CNC(c1ccc2c(c1)CCO2)c1cc(Cl)ccc1C. The number of hydrogen-bond donors (Lipinski definition) is 1. The van der Waals surface area contributed by atoms with Crippen LogP contribution in [-0.2, 0) is 6.42 Å². The largest absolute Gasteiger partial charge is 0.493 e. The molecular weight excluding hydrogens is 270 g/mol. The van der Waals surface area contributed by atoms with Gasteiger partial charge in [-0.2, -0.15) is 0 Å². The highest BCUT2D eigenvalue weighted by Gasteiger charge is 2.18. The van der Waals surface area contributed by atoms with Crippen LogP contribution in [-0.4, -0.2) is 13.7 Å². The number of ether oxygens (including phenoxy) is 1. The Morgan fingerprint density at radius 1 is 1.20 bits per heavy atom. The molecule has 0 spiro atoms. The lowest BCUT2D eigenvalue weighted by molar-refractivity contribution is 0.357. The van der Waals surface area contributed by atoms with Crippen LogP contribution in [0.5, 0.6) is 5.75 Å². The van der Waals surface area contributed by atoms with Gasteiger partial charge < -0.3 is 10.1 Å². The van der Waals surface area contributed by atoms with E-state index in [1.165, 1.54) is 22.3 Å². The molecule has 0 amide bonds. The molecule has 3 rings (SSSR count). The molecule has 1 heterocycles. The highest BCUT2D eigenvalue weighted by atomic mass is 35.5. The van der Waals surface area contributed by atoms with E-state index in [4.69, 9.17) is 16.3 Å². The molecule has 3 heteroatoms. The van der Waals surface area contributed by atoms with E-state index in [1.54, 1.807) is 0 Å². The van der Waals surface area contributed by atoms with Crippen molar-refractivity contribution in [1.82, 2.24) is 5.32 Å². The summed E-state index contributed by atoms with van der Waals surface area (Å²) in [6, 6.07) is 12.6. The molecule has 2 aromatic carbocycles. The Balaban J connectivity index is 2.03. The lowest BCUT2D eigenvalue weighted by Crippen LogP contribution is -2.18. The molecule has 0 aliphatic carbocycles. The van der Waals surface area contributed by atoms with Gasteiger partial charge in [-0.05, 0) is 54.4 Å². The Kier molecular flexibility index (Phi) is 3.68. The average molecular weight is 288 g/mol. The number of hydrogen-bond acceptors (Lipinski definition) is 2. The third-order valence-electron chi connectivity index (χ3n) is 3.89. The van der Waals surface area contributed by atoms with E-state index in [1.807, 2.05) is 19.2 Å². The Morgan fingerprint density at radius 3 is 2.85 bits per heavy atom. The van der Waals surface area contributed by atoms with Gasteiger partial charge in [0, 0.05) is 11.4 Å². The molecule has 1 N–H and O–H groups in total. The molecule has 2 nitrogen and oxygen atoms in total. The zero-order valence-corrected chi connectivity index (χ0v) is 12.5. The molecule has 1 aliphatic heterocycles. The van der Waals surface area contributed by atoms with Crippen LogP contribution in [0.25, 0.3) is 0 Å². The average Bonchev–Trinajstić information content (AvgIpc) is 2.91. The maximum Gasteiger partial charge on any atom is 0.122 e. The van der Waals surface area contributed by atoms with Crippen molar-refractivity contribution in [2.75, 3.05) is 13.7 Å². The summed E-state index contributed by atoms with van der Waals surface area (Å²) in [5, 5.41) is 4.17. The quantitative estimate of drug-likeness (QED) is 0.925. The van der Waals surface area contributed by atoms with E-state index >= 15 is 0 Å². The van der Waals surface area contributed by atoms with Crippen molar-refractivity contribution in [3.05, 3.63) is 63.7 Å². The molecule has 0 saturated heterocycles. The predicted molar refractivity (Wildman–Crippen MR) is 82.7 cm³/mol. The topological polar surface area (TPSA) is 21.3 Å². The normalized spacial score (nSPS) is 14.8. The summed E-state index contributed by atoms with van der Waals surface area (Å²) in [6.07, 6.45) is 0.994. The highest BCUT2D eigenvalue weighted by molar-refractivity contribution is 6.30. The molecular formula is C17H18ClNO. The van der Waals surface area contributed by atoms with Crippen molar-refractivity contribution in [3.8, 4) is 5.75 Å². The molecule has 0 fully saturated rings. The minimum Gasteiger partial charge on any atom is -0.493 e. The Labute approximate surface area is 124 Å². The monoisotopic (exact) mass is 287 g/mol. The van der Waals surface area contributed by atoms with Crippen LogP contribution < -0.4 is 10.1 Å². The summed E-state index contributed by atoms with van der Waals surface area (Å²) in [4.78, 5) is 0. The lowest BCUT2D eigenvalue weighted by Gasteiger charge is -2.20. The van der Waals surface area contributed by atoms with Crippen molar-refractivity contribution >= 4 is 11.6 Å². The maximum absolute atomic E-state index is 6.15. The standard InChI is InChI=1S/C17H18ClNO/c1-11-3-5-14(18)10-15(11)17(19-2)13-4-6-16-12(9-13)7-8-20-16/h3-6,9-10,17,19H,7-8H2,1-2H3. The van der Waals surface area contributed by atoms with Gasteiger partial charge in [0.2, 0.25) is 0 Å². The van der Waals surface area contributed by atoms with Crippen molar-refractivity contribution < 1.29 is 4.74 Å². The molecule has 104 valence electrons. The van der Waals surface area contributed by atoms with Crippen LogP contribution in [0.3, 0.4) is 0 Å². The molecule has 1 unspecified atom stereocenters. The fraction of sp³-hybridized carbons (Fsp3) is 0.294. The molecule has 0 saturated carbocycles. The van der Waals surface area contributed by atoms with Gasteiger partial charge in [0.25, 0.3) is 0 Å². The first kappa shape index (κ1) is 13.5. The second-order valence-corrected chi connectivity index (χ2v) is 5.62. The molecule has 0 aromatic heterocycles. The zero-order valence-electron chi connectivity index (χ0n) is 11.7. The highest BCUT2D eigenvalue weighted by Crippen LogP contribution is 2.32. The summed E-state index contributed by atoms with van der Waals surface area (Å²) >= 11 is 6.15. The third-order valence-corrected chi connectivity index (χ3v) is 4.12. The number of aryl methyl sites for hydroxylation is 1. The first-order valence-electron chi connectivity index (χ1n) is 6.88. The minimum absolute atomic E-state index is 0.152. The number of nitrogens with one attached hydrogen (secondary N) is 1. The van der Waals surface area contributed by atoms with Gasteiger partial charge in [-0.3, -0.25) is 0 Å². The van der Waals surface area contributed by atoms with E-state index < -0.39 is 0 Å². The van der Waals surface area contributed by atoms with Gasteiger partial charge in [-0.25, -0.2) is 0 Å². The molecule has 2 aromatic rings. The molecule has 20 heavy (non-hydrogen) atoms. The molecule has 0 radical (unpaired) electrons. The smallest absolute Gasteiger partial charge is 0.122 e. The number of halogens is 1. The van der Waals surface area contributed by atoms with Gasteiger partial charge in [0.1, 0.15) is 5.75 Å². The van der Waals surface area contributed by atoms with E-state index in [-0.39, 0.29) is 6.04 Å². The fourth-order valence-corrected chi connectivity index (χ4v) is 2.99. The van der Waals surface area contributed by atoms with Crippen molar-refractivity contribution in [2.24, 2.45) is 0 Å².